The van der Waals surface area contributed by atoms with Crippen molar-refractivity contribution < 1.29 is 22.8 Å². The Balaban J connectivity index is 1.97. The maximum Gasteiger partial charge on any atom is 0.416 e. The number of hydrogen-bond acceptors (Lipinski definition) is 4. The summed E-state index contributed by atoms with van der Waals surface area (Å²) in [5.74, 6) is -0.642. The largest absolute Gasteiger partial charge is 0.416 e. The zero-order valence-corrected chi connectivity index (χ0v) is 12.6. The third-order valence-electron chi connectivity index (χ3n) is 2.91. The Hall–Kier alpha value is -2.91. The van der Waals surface area contributed by atoms with Crippen molar-refractivity contribution in [3.8, 4) is 0 Å². The second kappa shape index (κ2) is 7.11. The lowest BCUT2D eigenvalue weighted by Gasteiger charge is -2.09. The van der Waals surface area contributed by atoms with Crippen molar-refractivity contribution in [2.45, 2.75) is 26.1 Å². The molecule has 1 heterocycles. The van der Waals surface area contributed by atoms with Crippen molar-refractivity contribution in [3.63, 3.8) is 0 Å². The molecule has 0 bridgehead atoms. The van der Waals surface area contributed by atoms with E-state index in [-0.39, 0.29) is 30.4 Å². The first-order valence-electron chi connectivity index (χ1n) is 6.95. The zero-order chi connectivity index (χ0) is 17.7. The van der Waals surface area contributed by atoms with E-state index in [2.05, 4.69) is 20.9 Å². The van der Waals surface area contributed by atoms with Crippen molar-refractivity contribution in [2.24, 2.45) is 0 Å². The first-order chi connectivity index (χ1) is 11.3. The smallest absolute Gasteiger partial charge is 0.324 e. The number of aromatic nitrogens is 3. The summed E-state index contributed by atoms with van der Waals surface area (Å²) in [7, 11) is 0. The average Bonchev–Trinajstić information content (AvgIpc) is 2.93. The maximum absolute atomic E-state index is 12.6. The summed E-state index contributed by atoms with van der Waals surface area (Å²) in [6, 6.07) is 4.30. The molecular formula is C14H14F3N5O2. The Morgan fingerprint density at radius 2 is 1.96 bits per heavy atom. The van der Waals surface area contributed by atoms with Crippen molar-refractivity contribution in [3.05, 3.63) is 36.0 Å². The van der Waals surface area contributed by atoms with Crippen molar-refractivity contribution in [1.29, 1.82) is 0 Å². The first-order valence-corrected chi connectivity index (χ1v) is 6.95. The second-order valence-electron chi connectivity index (χ2n) is 4.83. The van der Waals surface area contributed by atoms with Crippen LogP contribution in [0.25, 0.3) is 0 Å². The molecule has 0 aliphatic rings. The van der Waals surface area contributed by atoms with E-state index in [4.69, 9.17) is 0 Å². The molecule has 1 aromatic heterocycles. The lowest BCUT2D eigenvalue weighted by atomic mass is 10.2. The van der Waals surface area contributed by atoms with Crippen LogP contribution in [0.2, 0.25) is 0 Å². The molecule has 24 heavy (non-hydrogen) atoms. The monoisotopic (exact) mass is 341 g/mol. The van der Waals surface area contributed by atoms with Crippen molar-refractivity contribution in [2.75, 3.05) is 10.6 Å². The molecule has 0 aliphatic heterocycles. The third kappa shape index (κ3) is 4.80. The van der Waals surface area contributed by atoms with E-state index in [9.17, 15) is 22.8 Å². The van der Waals surface area contributed by atoms with Gasteiger partial charge in [0.05, 0.1) is 11.8 Å². The van der Waals surface area contributed by atoms with Crippen LogP contribution in [0.1, 0.15) is 18.9 Å². The highest BCUT2D eigenvalue weighted by Crippen LogP contribution is 2.30. The molecular weight excluding hydrogens is 327 g/mol. The van der Waals surface area contributed by atoms with Gasteiger partial charge in [0.25, 0.3) is 0 Å². The van der Waals surface area contributed by atoms with Crippen LogP contribution in [0.3, 0.4) is 0 Å². The molecule has 0 fully saturated rings. The quantitative estimate of drug-likeness (QED) is 0.873. The molecule has 0 saturated heterocycles. The van der Waals surface area contributed by atoms with E-state index in [1.165, 1.54) is 18.3 Å². The lowest BCUT2D eigenvalue weighted by molar-refractivity contribution is -0.137. The number of anilines is 2. The van der Waals surface area contributed by atoms with E-state index in [1.807, 2.05) is 0 Å². The minimum absolute atomic E-state index is 0.0226. The van der Waals surface area contributed by atoms with E-state index >= 15 is 0 Å². The highest BCUT2D eigenvalue weighted by atomic mass is 19.4. The van der Waals surface area contributed by atoms with Crippen LogP contribution in [-0.4, -0.2) is 26.8 Å². The van der Waals surface area contributed by atoms with Gasteiger partial charge < -0.3 is 10.6 Å². The Bertz CT molecular complexity index is 742. The molecule has 0 radical (unpaired) electrons. The van der Waals surface area contributed by atoms with Crippen LogP contribution in [0.5, 0.6) is 0 Å². The van der Waals surface area contributed by atoms with Gasteiger partial charge in [0.2, 0.25) is 11.8 Å². The Labute approximate surface area is 134 Å². The van der Waals surface area contributed by atoms with Crippen LogP contribution in [0, 0.1) is 0 Å². The van der Waals surface area contributed by atoms with E-state index in [0.29, 0.717) is 0 Å². The molecule has 7 nitrogen and oxygen atoms in total. The van der Waals surface area contributed by atoms with E-state index < -0.39 is 17.6 Å². The molecule has 0 spiro atoms. The van der Waals surface area contributed by atoms with Crippen molar-refractivity contribution in [1.82, 2.24) is 15.0 Å². The van der Waals surface area contributed by atoms with Crippen LogP contribution >= 0.6 is 0 Å². The van der Waals surface area contributed by atoms with Crippen molar-refractivity contribution >= 4 is 23.3 Å². The normalized spacial score (nSPS) is 11.2. The van der Waals surface area contributed by atoms with Gasteiger partial charge in [0.1, 0.15) is 6.54 Å². The number of carbonyl (C=O) groups excluding carboxylic acids is 2. The number of rotatable bonds is 5. The summed E-state index contributed by atoms with van der Waals surface area (Å²) in [5.41, 5.74) is -0.833. The molecule has 2 amide bonds. The van der Waals surface area contributed by atoms with Gasteiger partial charge >= 0.3 is 6.18 Å². The number of halogens is 3. The predicted molar refractivity (Wildman–Crippen MR) is 79.0 cm³/mol. The van der Waals surface area contributed by atoms with Gasteiger partial charge in [-0.3, -0.25) is 9.59 Å². The number of nitrogens with one attached hydrogen (secondary N) is 2. The third-order valence-corrected chi connectivity index (χ3v) is 2.91. The molecule has 2 N–H and O–H groups in total. The summed E-state index contributed by atoms with van der Waals surface area (Å²) in [6.07, 6.45) is -2.87. The zero-order valence-electron chi connectivity index (χ0n) is 12.6. The van der Waals surface area contributed by atoms with Crippen LogP contribution < -0.4 is 10.6 Å². The van der Waals surface area contributed by atoms with Crippen LogP contribution in [0.15, 0.2) is 30.5 Å². The predicted octanol–water partition coefficient (Wildman–Crippen LogP) is 2.28. The number of amides is 2. The highest BCUT2D eigenvalue weighted by Gasteiger charge is 2.30. The number of carbonyl (C=O) groups is 2. The molecule has 128 valence electrons. The average molecular weight is 341 g/mol. The Morgan fingerprint density at radius 1 is 1.21 bits per heavy atom. The number of nitrogens with zero attached hydrogens (tertiary/aromatic N) is 3. The Morgan fingerprint density at radius 3 is 2.62 bits per heavy atom. The molecule has 2 aromatic rings. The van der Waals surface area contributed by atoms with Gasteiger partial charge in [0.15, 0.2) is 5.82 Å². The van der Waals surface area contributed by atoms with Gasteiger partial charge in [-0.15, -0.1) is 5.10 Å². The van der Waals surface area contributed by atoms with Gasteiger partial charge in [0, 0.05) is 12.1 Å². The fourth-order valence-corrected chi connectivity index (χ4v) is 1.79. The maximum atomic E-state index is 12.6. The molecule has 2 rings (SSSR count). The lowest BCUT2D eigenvalue weighted by Crippen LogP contribution is -2.19. The minimum Gasteiger partial charge on any atom is -0.324 e. The second-order valence-corrected chi connectivity index (χ2v) is 4.83. The number of hydrogen-bond donors (Lipinski definition) is 2. The summed E-state index contributed by atoms with van der Waals surface area (Å²) < 4.78 is 39.0. The van der Waals surface area contributed by atoms with E-state index in [0.717, 1.165) is 16.8 Å². The van der Waals surface area contributed by atoms with Gasteiger partial charge in [-0.1, -0.05) is 18.2 Å². The highest BCUT2D eigenvalue weighted by molar-refractivity contribution is 5.91. The summed E-state index contributed by atoms with van der Waals surface area (Å²) in [5, 5.41) is 12.1. The molecule has 0 saturated carbocycles. The summed E-state index contributed by atoms with van der Waals surface area (Å²) in [4.78, 5) is 23.1. The van der Waals surface area contributed by atoms with E-state index in [1.54, 1.807) is 6.92 Å². The fraction of sp³-hybridized carbons (Fsp3) is 0.286. The summed E-state index contributed by atoms with van der Waals surface area (Å²) >= 11 is 0. The van der Waals surface area contributed by atoms with Crippen LogP contribution in [-0.2, 0) is 22.3 Å². The standard InChI is InChI=1S/C14H14F3N5O2/c1-2-12(23)19-11-7-22(21-20-11)8-13(24)18-10-5-3-4-9(6-10)14(15,16)17/h3-7H,2,8H2,1H3,(H,18,24)(H,19,23). The fourth-order valence-electron chi connectivity index (χ4n) is 1.79. The topological polar surface area (TPSA) is 88.9 Å². The molecule has 0 unspecified atom stereocenters. The number of alkyl halides is 3. The summed E-state index contributed by atoms with van der Waals surface area (Å²) in [6.45, 7) is 1.41. The van der Waals surface area contributed by atoms with Gasteiger partial charge in [-0.05, 0) is 18.2 Å². The first kappa shape index (κ1) is 17.4. The van der Waals surface area contributed by atoms with Crippen LogP contribution in [0.4, 0.5) is 24.7 Å². The molecule has 0 atom stereocenters. The minimum atomic E-state index is -4.49. The van der Waals surface area contributed by atoms with Gasteiger partial charge in [-0.2, -0.15) is 13.2 Å². The van der Waals surface area contributed by atoms with Gasteiger partial charge in [-0.25, -0.2) is 4.68 Å². The molecule has 0 aliphatic carbocycles. The molecule has 1 aromatic carbocycles. The molecule has 10 heteroatoms. The Kier molecular flexibility index (Phi) is 5.17. The number of benzene rings is 1. The SMILES string of the molecule is CCC(=O)Nc1cn(CC(=O)Nc2cccc(C(F)(F)F)c2)nn1.